The van der Waals surface area contributed by atoms with E-state index in [1.807, 2.05) is 0 Å². The minimum Gasteiger partial charge on any atom is -0.323 e. The van der Waals surface area contributed by atoms with E-state index in [9.17, 15) is 4.21 Å². The Morgan fingerprint density at radius 1 is 1.28 bits per heavy atom. The quantitative estimate of drug-likeness (QED) is 0.860. The lowest BCUT2D eigenvalue weighted by atomic mass is 10.0. The smallest absolute Gasteiger partial charge is 0.0428 e. The Balaban J connectivity index is 2.64. The van der Waals surface area contributed by atoms with Gasteiger partial charge in [0.05, 0.1) is 0 Å². The number of nitrogens with two attached hydrogens (primary N) is 1. The van der Waals surface area contributed by atoms with Gasteiger partial charge in [-0.1, -0.05) is 44.0 Å². The third-order valence-corrected chi connectivity index (χ3v) is 5.03. The van der Waals surface area contributed by atoms with Crippen LogP contribution in [0.15, 0.2) is 18.2 Å². The van der Waals surface area contributed by atoms with Crippen LogP contribution in [0.4, 0.5) is 0 Å². The summed E-state index contributed by atoms with van der Waals surface area (Å²) in [4.78, 5) is 0. The third-order valence-electron chi connectivity index (χ3n) is 3.36. The first-order chi connectivity index (χ1) is 8.43. The summed E-state index contributed by atoms with van der Waals surface area (Å²) >= 11 is 0. The van der Waals surface area contributed by atoms with Crippen molar-refractivity contribution in [2.24, 2.45) is 11.7 Å². The average Bonchev–Trinajstić information content (AvgIpc) is 2.28. The lowest BCUT2D eigenvalue weighted by Crippen LogP contribution is -2.22. The number of hydrogen-bond acceptors (Lipinski definition) is 2. The van der Waals surface area contributed by atoms with E-state index in [0.29, 0.717) is 11.7 Å². The van der Waals surface area contributed by atoms with Crippen molar-refractivity contribution in [2.75, 3.05) is 11.5 Å². The monoisotopic (exact) mass is 267 g/mol. The predicted octanol–water partition coefficient (Wildman–Crippen LogP) is 3.10. The van der Waals surface area contributed by atoms with Crippen molar-refractivity contribution in [1.29, 1.82) is 0 Å². The Kier molecular flexibility index (Phi) is 6.03. The van der Waals surface area contributed by atoms with E-state index in [-0.39, 0.29) is 6.04 Å². The summed E-state index contributed by atoms with van der Waals surface area (Å²) in [5.74, 6) is 1.83. The minimum absolute atomic E-state index is 0.115. The first-order valence-electron chi connectivity index (χ1n) is 6.61. The maximum Gasteiger partial charge on any atom is 0.0428 e. The van der Waals surface area contributed by atoms with Crippen LogP contribution in [0.1, 0.15) is 43.0 Å². The van der Waals surface area contributed by atoms with Crippen LogP contribution in [0.25, 0.3) is 0 Å². The zero-order valence-corrected chi connectivity index (χ0v) is 12.7. The number of hydrogen-bond donors (Lipinski definition) is 1. The predicted molar refractivity (Wildman–Crippen MR) is 80.2 cm³/mol. The minimum atomic E-state index is -0.819. The van der Waals surface area contributed by atoms with Gasteiger partial charge in [-0.25, -0.2) is 0 Å². The maximum atomic E-state index is 12.0. The zero-order valence-electron chi connectivity index (χ0n) is 11.9. The standard InChI is InChI=1S/C15H25NOS/c1-5-11(2)9-18(17)10-15(16)14-7-6-12(3)8-13(14)4/h6-8,11,15H,5,9-10,16H2,1-4H3. The van der Waals surface area contributed by atoms with Crippen LogP contribution < -0.4 is 5.73 Å². The fourth-order valence-corrected chi connectivity index (χ4v) is 3.62. The summed E-state index contributed by atoms with van der Waals surface area (Å²) in [5, 5.41) is 0. The van der Waals surface area contributed by atoms with Gasteiger partial charge in [0.2, 0.25) is 0 Å². The number of rotatable bonds is 6. The van der Waals surface area contributed by atoms with Crippen LogP contribution in [0, 0.1) is 19.8 Å². The third kappa shape index (κ3) is 4.54. The highest BCUT2D eigenvalue weighted by Gasteiger charge is 2.14. The number of benzene rings is 1. The fourth-order valence-electron chi connectivity index (χ4n) is 2.03. The molecule has 3 atom stereocenters. The lowest BCUT2D eigenvalue weighted by Gasteiger charge is -2.16. The zero-order chi connectivity index (χ0) is 13.7. The molecular formula is C15H25NOS. The molecule has 0 saturated heterocycles. The van der Waals surface area contributed by atoms with E-state index < -0.39 is 10.8 Å². The molecule has 3 unspecified atom stereocenters. The molecule has 3 heteroatoms. The Bertz CT molecular complexity index is 417. The molecule has 18 heavy (non-hydrogen) atoms. The molecule has 0 amide bonds. The van der Waals surface area contributed by atoms with Gasteiger partial charge in [-0.15, -0.1) is 0 Å². The second-order valence-electron chi connectivity index (χ2n) is 5.25. The topological polar surface area (TPSA) is 43.1 Å². The highest BCUT2D eigenvalue weighted by molar-refractivity contribution is 7.85. The number of aryl methyl sites for hydroxylation is 2. The summed E-state index contributed by atoms with van der Waals surface area (Å²) < 4.78 is 12.0. The van der Waals surface area contributed by atoms with E-state index in [1.54, 1.807) is 0 Å². The first kappa shape index (κ1) is 15.4. The average molecular weight is 267 g/mol. The molecule has 1 rings (SSSR count). The molecule has 0 aliphatic rings. The normalized spacial score (nSPS) is 16.3. The molecule has 1 aromatic rings. The van der Waals surface area contributed by atoms with Gasteiger partial charge in [0.25, 0.3) is 0 Å². The first-order valence-corrected chi connectivity index (χ1v) is 8.10. The molecule has 0 heterocycles. The van der Waals surface area contributed by atoms with E-state index in [1.165, 1.54) is 11.1 Å². The summed E-state index contributed by atoms with van der Waals surface area (Å²) in [6.07, 6.45) is 1.07. The Hall–Kier alpha value is -0.670. The van der Waals surface area contributed by atoms with Crippen LogP contribution >= 0.6 is 0 Å². The summed E-state index contributed by atoms with van der Waals surface area (Å²) in [5.41, 5.74) is 9.73. The van der Waals surface area contributed by atoms with Crippen LogP contribution in [0.2, 0.25) is 0 Å². The van der Waals surface area contributed by atoms with Crippen molar-refractivity contribution in [2.45, 2.75) is 40.2 Å². The molecule has 0 aromatic heterocycles. The highest BCUT2D eigenvalue weighted by atomic mass is 32.2. The lowest BCUT2D eigenvalue weighted by molar-refractivity contribution is 0.612. The van der Waals surface area contributed by atoms with Crippen LogP contribution in [-0.2, 0) is 10.8 Å². The molecule has 0 spiro atoms. The van der Waals surface area contributed by atoms with Gasteiger partial charge in [-0.3, -0.25) is 4.21 Å². The molecule has 0 aliphatic carbocycles. The van der Waals surface area contributed by atoms with E-state index in [2.05, 4.69) is 45.9 Å². The van der Waals surface area contributed by atoms with Gasteiger partial charge in [-0.2, -0.15) is 0 Å². The highest BCUT2D eigenvalue weighted by Crippen LogP contribution is 2.18. The molecule has 0 radical (unpaired) electrons. The van der Waals surface area contributed by atoms with E-state index in [0.717, 1.165) is 17.7 Å². The SMILES string of the molecule is CCC(C)CS(=O)CC(N)c1ccc(C)cc1C. The maximum absolute atomic E-state index is 12.0. The Morgan fingerprint density at radius 3 is 2.50 bits per heavy atom. The molecule has 0 saturated carbocycles. The molecule has 1 aromatic carbocycles. The largest absolute Gasteiger partial charge is 0.323 e. The van der Waals surface area contributed by atoms with Crippen molar-refractivity contribution in [3.05, 3.63) is 34.9 Å². The van der Waals surface area contributed by atoms with Crippen LogP contribution in [-0.4, -0.2) is 15.7 Å². The van der Waals surface area contributed by atoms with Crippen molar-refractivity contribution in [3.63, 3.8) is 0 Å². The van der Waals surface area contributed by atoms with Gasteiger partial charge in [0, 0.05) is 28.3 Å². The summed E-state index contributed by atoms with van der Waals surface area (Å²) in [6.45, 7) is 8.41. The molecule has 0 bridgehead atoms. The molecule has 0 fully saturated rings. The molecular weight excluding hydrogens is 242 g/mol. The second-order valence-corrected chi connectivity index (χ2v) is 6.80. The molecule has 102 valence electrons. The molecule has 2 N–H and O–H groups in total. The Labute approximate surface area is 113 Å². The van der Waals surface area contributed by atoms with Gasteiger partial charge >= 0.3 is 0 Å². The van der Waals surface area contributed by atoms with Gasteiger partial charge in [0.15, 0.2) is 0 Å². The van der Waals surface area contributed by atoms with Crippen molar-refractivity contribution in [3.8, 4) is 0 Å². The Morgan fingerprint density at radius 2 is 1.94 bits per heavy atom. The fraction of sp³-hybridized carbons (Fsp3) is 0.600. The van der Waals surface area contributed by atoms with Gasteiger partial charge in [-0.05, 0) is 30.9 Å². The van der Waals surface area contributed by atoms with Crippen molar-refractivity contribution in [1.82, 2.24) is 0 Å². The molecule has 0 aliphatic heterocycles. The van der Waals surface area contributed by atoms with Crippen molar-refractivity contribution < 1.29 is 4.21 Å². The summed E-state index contributed by atoms with van der Waals surface area (Å²) in [6, 6.07) is 6.15. The van der Waals surface area contributed by atoms with Gasteiger partial charge in [0.1, 0.15) is 0 Å². The van der Waals surface area contributed by atoms with E-state index in [4.69, 9.17) is 5.73 Å². The van der Waals surface area contributed by atoms with Crippen molar-refractivity contribution >= 4 is 10.8 Å². The van der Waals surface area contributed by atoms with E-state index >= 15 is 0 Å². The summed E-state index contributed by atoms with van der Waals surface area (Å²) in [7, 11) is -0.819. The molecule has 2 nitrogen and oxygen atoms in total. The second kappa shape index (κ2) is 7.05. The van der Waals surface area contributed by atoms with Crippen LogP contribution in [0.5, 0.6) is 0 Å². The van der Waals surface area contributed by atoms with Gasteiger partial charge < -0.3 is 5.73 Å². The van der Waals surface area contributed by atoms with Crippen LogP contribution in [0.3, 0.4) is 0 Å².